The van der Waals surface area contributed by atoms with E-state index in [0.29, 0.717) is 5.69 Å². The van der Waals surface area contributed by atoms with Crippen molar-refractivity contribution in [3.8, 4) is 0 Å². The number of benzene rings is 1. The second-order valence-corrected chi connectivity index (χ2v) is 3.83. The summed E-state index contributed by atoms with van der Waals surface area (Å²) in [6.07, 6.45) is 0. The largest absolute Gasteiger partial charge is 0.374 e. The first kappa shape index (κ1) is 9.52. The van der Waals surface area contributed by atoms with E-state index in [1.54, 1.807) is 4.90 Å². The normalized spacial score (nSPS) is 10.1. The maximum absolute atomic E-state index is 13.3. The van der Waals surface area contributed by atoms with E-state index in [1.165, 1.54) is 6.07 Å². The summed E-state index contributed by atoms with van der Waals surface area (Å²) >= 11 is 3.32. The maximum atomic E-state index is 13.3. The topological polar surface area (TPSA) is 3.24 Å². The third-order valence-electron chi connectivity index (χ3n) is 1.61. The summed E-state index contributed by atoms with van der Waals surface area (Å²) in [6.45, 7) is 1.87. The van der Waals surface area contributed by atoms with Crippen molar-refractivity contribution in [2.75, 3.05) is 19.0 Å². The van der Waals surface area contributed by atoms with Crippen LogP contribution in [0.2, 0.25) is 0 Å². The van der Waals surface area contributed by atoms with Crippen molar-refractivity contribution in [3.63, 3.8) is 0 Å². The SMILES string of the molecule is Cc1cc(F)c(N(C)C)c(Br)c1. The van der Waals surface area contributed by atoms with Crippen LogP contribution in [0.15, 0.2) is 16.6 Å². The fraction of sp³-hybridized carbons (Fsp3) is 0.333. The number of rotatable bonds is 1. The molecule has 1 nitrogen and oxygen atoms in total. The highest BCUT2D eigenvalue weighted by atomic mass is 79.9. The van der Waals surface area contributed by atoms with Gasteiger partial charge in [0.25, 0.3) is 0 Å². The lowest BCUT2D eigenvalue weighted by atomic mass is 10.2. The third kappa shape index (κ3) is 1.78. The quantitative estimate of drug-likeness (QED) is 0.719. The first-order chi connectivity index (χ1) is 5.52. The first-order valence-corrected chi connectivity index (χ1v) is 4.44. The van der Waals surface area contributed by atoms with Crippen molar-refractivity contribution in [1.29, 1.82) is 0 Å². The number of nitrogens with zero attached hydrogens (tertiary/aromatic N) is 1. The van der Waals surface area contributed by atoms with Gasteiger partial charge in [0.1, 0.15) is 5.82 Å². The van der Waals surface area contributed by atoms with Crippen molar-refractivity contribution in [3.05, 3.63) is 28.0 Å². The van der Waals surface area contributed by atoms with Gasteiger partial charge in [-0.15, -0.1) is 0 Å². The van der Waals surface area contributed by atoms with Gasteiger partial charge >= 0.3 is 0 Å². The van der Waals surface area contributed by atoms with Crippen LogP contribution in [0, 0.1) is 12.7 Å². The minimum Gasteiger partial charge on any atom is -0.374 e. The summed E-state index contributed by atoms with van der Waals surface area (Å²) < 4.78 is 14.1. The Morgan fingerprint density at radius 1 is 1.33 bits per heavy atom. The molecular weight excluding hydrogens is 221 g/mol. The molecule has 0 saturated heterocycles. The first-order valence-electron chi connectivity index (χ1n) is 3.65. The van der Waals surface area contributed by atoms with E-state index in [1.807, 2.05) is 27.1 Å². The number of aryl methyl sites for hydroxylation is 1. The van der Waals surface area contributed by atoms with E-state index >= 15 is 0 Å². The molecule has 66 valence electrons. The molecule has 0 aliphatic heterocycles. The lowest BCUT2D eigenvalue weighted by molar-refractivity contribution is 0.624. The molecule has 0 atom stereocenters. The molecule has 1 aromatic rings. The van der Waals surface area contributed by atoms with E-state index in [9.17, 15) is 4.39 Å². The van der Waals surface area contributed by atoms with Gasteiger partial charge in [0.15, 0.2) is 0 Å². The Bertz CT molecular complexity index is 274. The van der Waals surface area contributed by atoms with Gasteiger partial charge in [-0.2, -0.15) is 0 Å². The van der Waals surface area contributed by atoms with Crippen LogP contribution in [-0.4, -0.2) is 14.1 Å². The molecule has 1 rings (SSSR count). The highest BCUT2D eigenvalue weighted by molar-refractivity contribution is 9.10. The van der Waals surface area contributed by atoms with Crippen molar-refractivity contribution >= 4 is 21.6 Å². The molecule has 0 aliphatic carbocycles. The van der Waals surface area contributed by atoms with E-state index in [4.69, 9.17) is 0 Å². The standard InChI is InChI=1S/C9H11BrFN/c1-6-4-7(10)9(12(2)3)8(11)5-6/h4-5H,1-3H3. The van der Waals surface area contributed by atoms with Crippen LogP contribution >= 0.6 is 15.9 Å². The molecule has 1 aromatic carbocycles. The number of halogens is 2. The van der Waals surface area contributed by atoms with Gasteiger partial charge in [-0.3, -0.25) is 0 Å². The van der Waals surface area contributed by atoms with Crippen molar-refractivity contribution in [1.82, 2.24) is 0 Å². The zero-order valence-electron chi connectivity index (χ0n) is 7.36. The van der Waals surface area contributed by atoms with Gasteiger partial charge in [0.2, 0.25) is 0 Å². The Morgan fingerprint density at radius 3 is 2.33 bits per heavy atom. The molecule has 12 heavy (non-hydrogen) atoms. The summed E-state index contributed by atoms with van der Waals surface area (Å²) in [5.74, 6) is -0.188. The average molecular weight is 232 g/mol. The molecule has 0 radical (unpaired) electrons. The van der Waals surface area contributed by atoms with Gasteiger partial charge in [0, 0.05) is 18.6 Å². The van der Waals surface area contributed by atoms with E-state index in [2.05, 4.69) is 15.9 Å². The highest BCUT2D eigenvalue weighted by Crippen LogP contribution is 2.28. The Labute approximate surface area is 80.3 Å². The lowest BCUT2D eigenvalue weighted by Gasteiger charge is -2.15. The molecule has 0 spiro atoms. The van der Waals surface area contributed by atoms with Gasteiger partial charge in [-0.1, -0.05) is 0 Å². The summed E-state index contributed by atoms with van der Waals surface area (Å²) in [5, 5.41) is 0. The Kier molecular flexibility index (Phi) is 2.73. The fourth-order valence-corrected chi connectivity index (χ4v) is 2.02. The Morgan fingerprint density at radius 2 is 1.92 bits per heavy atom. The summed E-state index contributed by atoms with van der Waals surface area (Å²) in [4.78, 5) is 1.75. The van der Waals surface area contributed by atoms with Crippen LogP contribution in [0.4, 0.5) is 10.1 Å². The number of anilines is 1. The molecule has 0 fully saturated rings. The van der Waals surface area contributed by atoms with E-state index in [0.717, 1.165) is 10.0 Å². The zero-order valence-corrected chi connectivity index (χ0v) is 8.94. The molecule has 0 bridgehead atoms. The molecule has 0 aliphatic rings. The number of hydrogen-bond acceptors (Lipinski definition) is 1. The van der Waals surface area contributed by atoms with Gasteiger partial charge in [0.05, 0.1) is 5.69 Å². The average Bonchev–Trinajstić information content (AvgIpc) is 1.82. The minimum absolute atomic E-state index is 0.188. The molecule has 0 unspecified atom stereocenters. The van der Waals surface area contributed by atoms with Gasteiger partial charge < -0.3 is 4.90 Å². The molecular formula is C9H11BrFN. The van der Waals surface area contributed by atoms with Crippen LogP contribution in [-0.2, 0) is 0 Å². The van der Waals surface area contributed by atoms with Crippen LogP contribution in [0.5, 0.6) is 0 Å². The van der Waals surface area contributed by atoms with Gasteiger partial charge in [-0.05, 0) is 40.5 Å². The second kappa shape index (κ2) is 3.44. The summed E-state index contributed by atoms with van der Waals surface area (Å²) in [7, 11) is 3.64. The van der Waals surface area contributed by atoms with Crippen LogP contribution in [0.1, 0.15) is 5.56 Å². The zero-order chi connectivity index (χ0) is 9.30. The van der Waals surface area contributed by atoms with Crippen molar-refractivity contribution in [2.45, 2.75) is 6.92 Å². The van der Waals surface area contributed by atoms with E-state index in [-0.39, 0.29) is 5.82 Å². The van der Waals surface area contributed by atoms with Crippen molar-refractivity contribution < 1.29 is 4.39 Å². The van der Waals surface area contributed by atoms with E-state index < -0.39 is 0 Å². The van der Waals surface area contributed by atoms with Crippen LogP contribution in [0.3, 0.4) is 0 Å². The molecule has 0 amide bonds. The Hall–Kier alpha value is -0.570. The Balaban J connectivity index is 3.28. The lowest BCUT2D eigenvalue weighted by Crippen LogP contribution is -2.11. The van der Waals surface area contributed by atoms with Crippen LogP contribution in [0.25, 0.3) is 0 Å². The molecule has 0 aromatic heterocycles. The number of hydrogen-bond donors (Lipinski definition) is 0. The molecule has 0 saturated carbocycles. The molecule has 0 N–H and O–H groups in total. The predicted molar refractivity (Wildman–Crippen MR) is 53.2 cm³/mol. The monoisotopic (exact) mass is 231 g/mol. The predicted octanol–water partition coefficient (Wildman–Crippen LogP) is 2.96. The van der Waals surface area contributed by atoms with Crippen LogP contribution < -0.4 is 4.90 Å². The smallest absolute Gasteiger partial charge is 0.147 e. The molecule has 3 heteroatoms. The summed E-state index contributed by atoms with van der Waals surface area (Å²) in [6, 6.07) is 3.43. The summed E-state index contributed by atoms with van der Waals surface area (Å²) in [5.41, 5.74) is 1.52. The maximum Gasteiger partial charge on any atom is 0.147 e. The third-order valence-corrected chi connectivity index (χ3v) is 2.21. The fourth-order valence-electron chi connectivity index (χ4n) is 1.12. The minimum atomic E-state index is -0.188. The molecule has 0 heterocycles. The van der Waals surface area contributed by atoms with Gasteiger partial charge in [-0.25, -0.2) is 4.39 Å². The van der Waals surface area contributed by atoms with Crippen molar-refractivity contribution in [2.24, 2.45) is 0 Å². The second-order valence-electron chi connectivity index (χ2n) is 2.97. The highest BCUT2D eigenvalue weighted by Gasteiger charge is 2.08.